The van der Waals surface area contributed by atoms with E-state index in [4.69, 9.17) is 0 Å². The van der Waals surface area contributed by atoms with Gasteiger partial charge in [0.25, 0.3) is 0 Å². The van der Waals surface area contributed by atoms with Crippen LogP contribution in [0.25, 0.3) is 16.7 Å². The molecular weight excluding hydrogens is 314 g/mol. The number of aliphatic hydroxyl groups is 1. The van der Waals surface area contributed by atoms with Gasteiger partial charge in [0.05, 0.1) is 16.6 Å². The molecule has 1 aromatic carbocycles. The molecule has 0 saturated carbocycles. The van der Waals surface area contributed by atoms with Crippen LogP contribution < -0.4 is 5.32 Å². The number of carbonyl (C=O) groups is 1. The summed E-state index contributed by atoms with van der Waals surface area (Å²) in [5.41, 5.74) is 2.47. The Balaban J connectivity index is 2.08. The Morgan fingerprint density at radius 3 is 2.48 bits per heavy atom. The highest BCUT2D eigenvalue weighted by Crippen LogP contribution is 2.31. The van der Waals surface area contributed by atoms with Crippen molar-refractivity contribution in [1.29, 1.82) is 0 Å². The number of aromatic nitrogens is 2. The lowest BCUT2D eigenvalue weighted by Gasteiger charge is -2.19. The monoisotopic (exact) mass is 339 g/mol. The third-order valence-electron chi connectivity index (χ3n) is 4.80. The average molecular weight is 339 g/mol. The van der Waals surface area contributed by atoms with E-state index in [-0.39, 0.29) is 17.7 Å². The maximum atomic E-state index is 12.5. The van der Waals surface area contributed by atoms with Gasteiger partial charge in [-0.25, -0.2) is 4.98 Å². The zero-order chi connectivity index (χ0) is 18.4. The summed E-state index contributed by atoms with van der Waals surface area (Å²) < 4.78 is 1.93. The SMILES string of the molecule is CC(C)[C@H](C)C(=O)Nc1nc2ccc(C(C)(C)O)cc2n1C1=CC=C1. The van der Waals surface area contributed by atoms with Crippen molar-refractivity contribution in [1.82, 2.24) is 9.55 Å². The van der Waals surface area contributed by atoms with E-state index in [0.29, 0.717) is 5.95 Å². The highest BCUT2D eigenvalue weighted by Gasteiger charge is 2.23. The number of nitrogens with one attached hydrogen (secondary N) is 1. The lowest BCUT2D eigenvalue weighted by molar-refractivity contribution is -0.120. The topological polar surface area (TPSA) is 67.2 Å². The first kappa shape index (κ1) is 17.4. The first-order valence-corrected chi connectivity index (χ1v) is 8.63. The van der Waals surface area contributed by atoms with Crippen molar-refractivity contribution >= 4 is 28.6 Å². The number of anilines is 1. The summed E-state index contributed by atoms with van der Waals surface area (Å²) in [6.45, 7) is 9.48. The van der Waals surface area contributed by atoms with Crippen LogP contribution in [0.15, 0.2) is 36.4 Å². The third kappa shape index (κ3) is 3.24. The zero-order valence-electron chi connectivity index (χ0n) is 15.4. The van der Waals surface area contributed by atoms with Gasteiger partial charge in [-0.15, -0.1) is 0 Å². The summed E-state index contributed by atoms with van der Waals surface area (Å²) in [5, 5.41) is 13.3. The summed E-state index contributed by atoms with van der Waals surface area (Å²) in [6, 6.07) is 5.67. The second-order valence-electron chi connectivity index (χ2n) is 7.51. The Labute approximate surface area is 148 Å². The number of carbonyl (C=O) groups excluding carboxylic acids is 1. The van der Waals surface area contributed by atoms with Crippen LogP contribution in [0.3, 0.4) is 0 Å². The molecule has 5 heteroatoms. The standard InChI is InChI=1S/C20H25N3O2/c1-12(2)13(3)18(24)22-19-21-16-10-9-14(20(4,5)25)11-17(16)23(19)15-7-6-8-15/h6-13,25H,1-5H3,(H,21,22,24)/t13-/m0/s1. The first-order valence-electron chi connectivity index (χ1n) is 8.63. The molecule has 0 bridgehead atoms. The Bertz CT molecular complexity index is 882. The van der Waals surface area contributed by atoms with Gasteiger partial charge in [-0.1, -0.05) is 32.9 Å². The smallest absolute Gasteiger partial charge is 0.229 e. The van der Waals surface area contributed by atoms with E-state index in [2.05, 4.69) is 10.3 Å². The number of benzene rings is 1. The van der Waals surface area contributed by atoms with Crippen LogP contribution in [0.1, 0.15) is 40.2 Å². The van der Waals surface area contributed by atoms with Gasteiger partial charge in [-0.05, 0) is 49.6 Å². The van der Waals surface area contributed by atoms with Crippen molar-refractivity contribution in [2.45, 2.75) is 40.2 Å². The number of amides is 1. The number of fused-ring (bicyclic) bond motifs is 1. The number of hydrogen-bond donors (Lipinski definition) is 2. The van der Waals surface area contributed by atoms with Crippen LogP contribution in [-0.4, -0.2) is 20.6 Å². The van der Waals surface area contributed by atoms with Crippen molar-refractivity contribution in [2.24, 2.45) is 11.8 Å². The van der Waals surface area contributed by atoms with E-state index in [1.807, 2.05) is 61.8 Å². The zero-order valence-corrected chi connectivity index (χ0v) is 15.4. The molecule has 0 spiro atoms. The molecule has 2 N–H and O–H groups in total. The Kier molecular flexibility index (Phi) is 4.29. The predicted molar refractivity (Wildman–Crippen MR) is 101 cm³/mol. The van der Waals surface area contributed by atoms with Crippen LogP contribution in [0.4, 0.5) is 5.95 Å². The van der Waals surface area contributed by atoms with Gasteiger partial charge in [0, 0.05) is 11.6 Å². The van der Waals surface area contributed by atoms with E-state index in [1.54, 1.807) is 13.8 Å². The quantitative estimate of drug-likeness (QED) is 0.868. The minimum atomic E-state index is -0.942. The average Bonchev–Trinajstić information content (AvgIpc) is 2.81. The molecule has 1 heterocycles. The van der Waals surface area contributed by atoms with E-state index >= 15 is 0 Å². The largest absolute Gasteiger partial charge is 0.386 e. The number of allylic oxidation sites excluding steroid dienone is 4. The summed E-state index contributed by atoms with van der Waals surface area (Å²) in [4.78, 5) is 17.1. The van der Waals surface area contributed by atoms with E-state index in [0.717, 1.165) is 22.3 Å². The minimum Gasteiger partial charge on any atom is -0.386 e. The predicted octanol–water partition coefficient (Wildman–Crippen LogP) is 3.91. The molecule has 25 heavy (non-hydrogen) atoms. The Morgan fingerprint density at radius 1 is 1.28 bits per heavy atom. The molecule has 0 aliphatic heterocycles. The van der Waals surface area contributed by atoms with Crippen LogP contribution >= 0.6 is 0 Å². The first-order chi connectivity index (χ1) is 11.7. The van der Waals surface area contributed by atoms with Crippen LogP contribution in [-0.2, 0) is 10.4 Å². The molecule has 0 radical (unpaired) electrons. The number of hydrogen-bond acceptors (Lipinski definition) is 3. The van der Waals surface area contributed by atoms with Gasteiger partial charge >= 0.3 is 0 Å². The maximum absolute atomic E-state index is 12.5. The van der Waals surface area contributed by atoms with Crippen LogP contribution in [0, 0.1) is 11.8 Å². The molecule has 0 unspecified atom stereocenters. The van der Waals surface area contributed by atoms with Gasteiger partial charge in [-0.3, -0.25) is 14.7 Å². The second kappa shape index (κ2) is 6.15. The van der Waals surface area contributed by atoms with Crippen LogP contribution in [0.2, 0.25) is 0 Å². The molecule has 132 valence electrons. The van der Waals surface area contributed by atoms with E-state index in [9.17, 15) is 9.90 Å². The molecular formula is C20H25N3O2. The van der Waals surface area contributed by atoms with Gasteiger partial charge < -0.3 is 5.11 Å². The fourth-order valence-corrected chi connectivity index (χ4v) is 2.66. The number of rotatable bonds is 5. The summed E-state index contributed by atoms with van der Waals surface area (Å²) in [7, 11) is 0. The molecule has 1 aromatic heterocycles. The number of imidazole rings is 1. The molecule has 5 nitrogen and oxygen atoms in total. The molecule has 0 saturated heterocycles. The van der Waals surface area contributed by atoms with Gasteiger partial charge in [0.2, 0.25) is 11.9 Å². The number of nitrogens with zero attached hydrogens (tertiary/aromatic N) is 2. The van der Waals surface area contributed by atoms with Gasteiger partial charge in [0.15, 0.2) is 0 Å². The molecule has 0 fully saturated rings. The maximum Gasteiger partial charge on any atom is 0.229 e. The minimum absolute atomic E-state index is 0.0434. The highest BCUT2D eigenvalue weighted by atomic mass is 16.3. The van der Waals surface area contributed by atoms with Crippen molar-refractivity contribution in [3.05, 3.63) is 42.0 Å². The van der Waals surface area contributed by atoms with Crippen LogP contribution in [0.5, 0.6) is 0 Å². The molecule has 1 atom stereocenters. The lowest BCUT2D eigenvalue weighted by Crippen LogP contribution is -2.26. The molecule has 1 aliphatic rings. The summed E-state index contributed by atoms with van der Waals surface area (Å²) in [6.07, 6.45) is 5.89. The van der Waals surface area contributed by atoms with Crippen molar-refractivity contribution < 1.29 is 9.90 Å². The van der Waals surface area contributed by atoms with Crippen molar-refractivity contribution in [3.63, 3.8) is 0 Å². The van der Waals surface area contributed by atoms with E-state index < -0.39 is 5.60 Å². The summed E-state index contributed by atoms with van der Waals surface area (Å²) in [5.74, 6) is 0.614. The molecule has 1 aliphatic carbocycles. The van der Waals surface area contributed by atoms with Crippen molar-refractivity contribution in [2.75, 3.05) is 5.32 Å². The molecule has 2 aromatic rings. The second-order valence-corrected chi connectivity index (χ2v) is 7.51. The van der Waals surface area contributed by atoms with Gasteiger partial charge in [-0.2, -0.15) is 0 Å². The Morgan fingerprint density at radius 2 is 1.96 bits per heavy atom. The fraction of sp³-hybridized carbons (Fsp3) is 0.400. The molecule has 3 rings (SSSR count). The summed E-state index contributed by atoms with van der Waals surface area (Å²) >= 11 is 0. The normalized spacial score (nSPS) is 15.2. The lowest BCUT2D eigenvalue weighted by atomic mass is 9.97. The van der Waals surface area contributed by atoms with E-state index in [1.165, 1.54) is 0 Å². The third-order valence-corrected chi connectivity index (χ3v) is 4.80. The highest BCUT2D eigenvalue weighted by molar-refractivity contribution is 5.95. The molecule has 1 amide bonds. The van der Waals surface area contributed by atoms with Gasteiger partial charge in [0.1, 0.15) is 0 Å². The fourth-order valence-electron chi connectivity index (χ4n) is 2.66. The Hall–Kier alpha value is -2.40. The van der Waals surface area contributed by atoms with Crippen molar-refractivity contribution in [3.8, 4) is 0 Å².